The Hall–Kier alpha value is -3.42. The molecule has 25 heavy (non-hydrogen) atoms. The van der Waals surface area contributed by atoms with Crippen LogP contribution in [0, 0.1) is 15.9 Å². The van der Waals surface area contributed by atoms with Crippen molar-refractivity contribution in [1.29, 1.82) is 0 Å². The van der Waals surface area contributed by atoms with Crippen molar-refractivity contribution >= 4 is 28.7 Å². The minimum Gasteiger partial charge on any atom is -0.454 e. The van der Waals surface area contributed by atoms with Crippen LogP contribution in [0.15, 0.2) is 30.3 Å². The van der Waals surface area contributed by atoms with Crippen molar-refractivity contribution in [3.8, 4) is 11.5 Å². The molecule has 0 N–H and O–H groups in total. The molecule has 0 saturated heterocycles. The van der Waals surface area contributed by atoms with Gasteiger partial charge in [0.15, 0.2) is 11.5 Å². The molecule has 3 aromatic rings. The van der Waals surface area contributed by atoms with Gasteiger partial charge in [-0.15, -0.1) is 0 Å². The Morgan fingerprint density at radius 3 is 2.84 bits per heavy atom. The maximum atomic E-state index is 13.8. The van der Waals surface area contributed by atoms with E-state index >= 15 is 0 Å². The molecule has 0 aliphatic carbocycles. The highest BCUT2D eigenvalue weighted by atomic mass is 19.1. The summed E-state index contributed by atoms with van der Waals surface area (Å²) in [6.07, 6.45) is 3.53. The number of aryl methyl sites for hydroxylation is 1. The Labute approximate surface area is 141 Å². The lowest BCUT2D eigenvalue weighted by atomic mass is 10.1. The summed E-state index contributed by atoms with van der Waals surface area (Å²) >= 11 is 0. The quantitative estimate of drug-likeness (QED) is 0.538. The fraction of sp³-hybridized carbons (Fsp3) is 0.118. The highest BCUT2D eigenvalue weighted by Gasteiger charge is 2.19. The number of rotatable bonds is 3. The molecule has 8 heteroatoms. The maximum Gasteiger partial charge on any atom is 0.305 e. The SMILES string of the molecule is Cn1nc(/C=C/c2ccc3c(c2)OCO3)c2cc([N+](=O)[O-])c(F)cc21. The number of benzene rings is 2. The Bertz CT molecular complexity index is 1040. The average Bonchev–Trinajstić information content (AvgIpc) is 3.16. The molecule has 1 aromatic heterocycles. The number of hydrogen-bond donors (Lipinski definition) is 0. The maximum absolute atomic E-state index is 13.8. The minimum absolute atomic E-state index is 0.197. The zero-order valence-electron chi connectivity index (χ0n) is 13.1. The number of aromatic nitrogens is 2. The van der Waals surface area contributed by atoms with Gasteiger partial charge in [0.1, 0.15) is 0 Å². The van der Waals surface area contributed by atoms with Gasteiger partial charge in [-0.3, -0.25) is 14.8 Å². The Balaban J connectivity index is 1.76. The van der Waals surface area contributed by atoms with Gasteiger partial charge in [-0.25, -0.2) is 0 Å². The summed E-state index contributed by atoms with van der Waals surface area (Å²) in [7, 11) is 1.66. The van der Waals surface area contributed by atoms with Crippen LogP contribution in [0.4, 0.5) is 10.1 Å². The topological polar surface area (TPSA) is 79.4 Å². The largest absolute Gasteiger partial charge is 0.454 e. The van der Waals surface area contributed by atoms with Crippen LogP contribution in [0.3, 0.4) is 0 Å². The number of nitrogens with zero attached hydrogens (tertiary/aromatic N) is 3. The lowest BCUT2D eigenvalue weighted by Crippen LogP contribution is -1.94. The van der Waals surface area contributed by atoms with Crippen LogP contribution >= 0.6 is 0 Å². The average molecular weight is 341 g/mol. The molecule has 2 heterocycles. The molecule has 0 amide bonds. The molecule has 1 aliphatic heterocycles. The molecule has 0 atom stereocenters. The molecular formula is C17H12FN3O4. The lowest BCUT2D eigenvalue weighted by molar-refractivity contribution is -0.387. The molecule has 0 spiro atoms. The third kappa shape index (κ3) is 2.57. The van der Waals surface area contributed by atoms with E-state index in [0.29, 0.717) is 28.1 Å². The predicted molar refractivity (Wildman–Crippen MR) is 88.8 cm³/mol. The van der Waals surface area contributed by atoms with Crippen molar-refractivity contribution in [3.05, 3.63) is 57.5 Å². The van der Waals surface area contributed by atoms with E-state index in [9.17, 15) is 14.5 Å². The normalized spacial score (nSPS) is 13.0. The van der Waals surface area contributed by atoms with Gasteiger partial charge < -0.3 is 9.47 Å². The number of halogens is 1. The van der Waals surface area contributed by atoms with Crippen molar-refractivity contribution in [1.82, 2.24) is 9.78 Å². The van der Waals surface area contributed by atoms with Crippen molar-refractivity contribution < 1.29 is 18.8 Å². The van der Waals surface area contributed by atoms with E-state index in [2.05, 4.69) is 5.10 Å². The fourth-order valence-electron chi connectivity index (χ4n) is 2.75. The van der Waals surface area contributed by atoms with E-state index in [1.165, 1.54) is 10.7 Å². The third-order valence-electron chi connectivity index (χ3n) is 3.97. The minimum atomic E-state index is -0.883. The first-order valence-electron chi connectivity index (χ1n) is 7.41. The van der Waals surface area contributed by atoms with Crippen LogP contribution in [-0.2, 0) is 7.05 Å². The molecule has 2 aromatic carbocycles. The van der Waals surface area contributed by atoms with Gasteiger partial charge in [0.05, 0.1) is 16.1 Å². The molecule has 0 saturated carbocycles. The van der Waals surface area contributed by atoms with E-state index in [-0.39, 0.29) is 6.79 Å². The first-order chi connectivity index (χ1) is 12.0. The Morgan fingerprint density at radius 2 is 2.04 bits per heavy atom. The van der Waals surface area contributed by atoms with Gasteiger partial charge in [0, 0.05) is 24.6 Å². The molecule has 0 radical (unpaired) electrons. The molecule has 126 valence electrons. The number of nitro groups is 1. The Kier molecular flexibility index (Phi) is 3.38. The summed E-state index contributed by atoms with van der Waals surface area (Å²) in [5, 5.41) is 15.8. The first-order valence-corrected chi connectivity index (χ1v) is 7.41. The van der Waals surface area contributed by atoms with Gasteiger partial charge in [-0.05, 0) is 23.8 Å². The summed E-state index contributed by atoms with van der Waals surface area (Å²) in [4.78, 5) is 10.2. The third-order valence-corrected chi connectivity index (χ3v) is 3.97. The molecule has 7 nitrogen and oxygen atoms in total. The van der Waals surface area contributed by atoms with Crippen molar-refractivity contribution in [3.63, 3.8) is 0 Å². The second-order valence-corrected chi connectivity index (χ2v) is 5.53. The number of hydrogen-bond acceptors (Lipinski definition) is 5. The molecular weight excluding hydrogens is 329 g/mol. The summed E-state index contributed by atoms with van der Waals surface area (Å²) in [6.45, 7) is 0.197. The van der Waals surface area contributed by atoms with Crippen LogP contribution < -0.4 is 9.47 Å². The van der Waals surface area contributed by atoms with E-state index < -0.39 is 16.4 Å². The molecule has 0 fully saturated rings. The van der Waals surface area contributed by atoms with Crippen LogP contribution in [0.2, 0.25) is 0 Å². The molecule has 0 unspecified atom stereocenters. The second kappa shape index (κ2) is 5.59. The van der Waals surface area contributed by atoms with Gasteiger partial charge in [0.2, 0.25) is 12.6 Å². The first kappa shape index (κ1) is 15.1. The van der Waals surface area contributed by atoms with E-state index in [1.807, 2.05) is 12.1 Å². The highest BCUT2D eigenvalue weighted by molar-refractivity contribution is 5.91. The van der Waals surface area contributed by atoms with Crippen molar-refractivity contribution in [2.24, 2.45) is 7.05 Å². The van der Waals surface area contributed by atoms with Crippen molar-refractivity contribution in [2.75, 3.05) is 6.79 Å². The zero-order valence-corrected chi connectivity index (χ0v) is 13.1. The van der Waals surface area contributed by atoms with Crippen LogP contribution in [-0.4, -0.2) is 21.5 Å². The van der Waals surface area contributed by atoms with E-state index in [4.69, 9.17) is 9.47 Å². The zero-order chi connectivity index (χ0) is 17.6. The monoisotopic (exact) mass is 341 g/mol. The van der Waals surface area contributed by atoms with E-state index in [0.717, 1.165) is 11.6 Å². The summed E-state index contributed by atoms with van der Waals surface area (Å²) in [5.74, 6) is 0.462. The van der Waals surface area contributed by atoms with Crippen molar-refractivity contribution in [2.45, 2.75) is 0 Å². The van der Waals surface area contributed by atoms with Gasteiger partial charge in [-0.1, -0.05) is 12.1 Å². The summed E-state index contributed by atoms with van der Waals surface area (Å²) < 4.78 is 25.9. The number of fused-ring (bicyclic) bond motifs is 2. The number of ether oxygens (including phenoxy) is 2. The standard InChI is InChI=1S/C17H12FN3O4/c1-20-14-8-12(18)15(21(22)23)7-11(14)13(19-20)4-2-10-3-5-16-17(6-10)25-9-24-16/h2-8H,9H2,1H3/b4-2+. The van der Waals surface area contributed by atoms with E-state index in [1.54, 1.807) is 25.3 Å². The van der Waals surface area contributed by atoms with Gasteiger partial charge in [0.25, 0.3) is 0 Å². The summed E-state index contributed by atoms with van der Waals surface area (Å²) in [6, 6.07) is 7.82. The van der Waals surface area contributed by atoms with Crippen LogP contribution in [0.5, 0.6) is 11.5 Å². The molecule has 1 aliphatic rings. The highest BCUT2D eigenvalue weighted by Crippen LogP contribution is 2.33. The summed E-state index contributed by atoms with van der Waals surface area (Å²) in [5.41, 5.74) is 1.28. The van der Waals surface area contributed by atoms with Gasteiger partial charge in [-0.2, -0.15) is 9.49 Å². The second-order valence-electron chi connectivity index (χ2n) is 5.53. The lowest BCUT2D eigenvalue weighted by Gasteiger charge is -1.98. The molecule has 4 rings (SSSR count). The predicted octanol–water partition coefficient (Wildman–Crippen LogP) is 3.52. The van der Waals surface area contributed by atoms with Crippen LogP contribution in [0.1, 0.15) is 11.3 Å². The smallest absolute Gasteiger partial charge is 0.305 e. The number of nitro benzene ring substituents is 1. The fourth-order valence-corrected chi connectivity index (χ4v) is 2.75. The van der Waals surface area contributed by atoms with Gasteiger partial charge >= 0.3 is 5.69 Å². The van der Waals surface area contributed by atoms with Crippen LogP contribution in [0.25, 0.3) is 23.1 Å². The Morgan fingerprint density at radius 1 is 1.24 bits per heavy atom. The molecule has 0 bridgehead atoms.